The first-order valence-electron chi connectivity index (χ1n) is 14.7. The average molecular weight is 573 g/mol. The number of hydrogen-bond acceptors (Lipinski definition) is 7. The summed E-state index contributed by atoms with van der Waals surface area (Å²) >= 11 is 0. The third-order valence-corrected chi connectivity index (χ3v) is 12.2. The Morgan fingerprint density at radius 1 is 0.974 bits per heavy atom. The lowest BCUT2D eigenvalue weighted by atomic mass is 9.43. The lowest BCUT2D eigenvalue weighted by molar-refractivity contribution is -0.207. The quantitative estimate of drug-likeness (QED) is 0.225. The Balaban J connectivity index is 1.33. The van der Waals surface area contributed by atoms with Crippen LogP contribution in [0.5, 0.6) is 0 Å². The minimum Gasteiger partial charge on any atom is -0.393 e. The van der Waals surface area contributed by atoms with Crippen molar-refractivity contribution in [1.82, 2.24) is 10.6 Å². The van der Waals surface area contributed by atoms with Gasteiger partial charge in [-0.3, -0.25) is 14.1 Å². The van der Waals surface area contributed by atoms with Crippen LogP contribution in [0.3, 0.4) is 0 Å². The molecule has 10 nitrogen and oxygen atoms in total. The molecule has 0 spiro atoms. The fraction of sp³-hybridized carbons (Fsp3) is 0.929. The molecule has 2 amide bonds. The molecular formula is C28H48N2O8S. The van der Waals surface area contributed by atoms with Crippen LogP contribution in [0, 0.1) is 46.3 Å². The van der Waals surface area contributed by atoms with E-state index in [1.807, 2.05) is 0 Å². The molecule has 0 aromatic rings. The molecule has 0 radical (unpaired) electrons. The van der Waals surface area contributed by atoms with Crippen LogP contribution in [0.4, 0.5) is 0 Å². The van der Waals surface area contributed by atoms with Crippen molar-refractivity contribution in [2.75, 3.05) is 18.8 Å². The van der Waals surface area contributed by atoms with E-state index in [1.165, 1.54) is 0 Å². The molecule has 4 aliphatic carbocycles. The van der Waals surface area contributed by atoms with Gasteiger partial charge in [0.1, 0.15) is 0 Å². The Labute approximate surface area is 232 Å². The van der Waals surface area contributed by atoms with Gasteiger partial charge in [0.2, 0.25) is 11.8 Å². The van der Waals surface area contributed by atoms with Crippen LogP contribution < -0.4 is 10.6 Å². The van der Waals surface area contributed by atoms with Crippen molar-refractivity contribution < 1.29 is 37.9 Å². The lowest BCUT2D eigenvalue weighted by Crippen LogP contribution is -2.62. The van der Waals surface area contributed by atoms with Crippen molar-refractivity contribution in [3.8, 4) is 0 Å². The lowest BCUT2D eigenvalue weighted by Gasteiger charge is -2.63. The fourth-order valence-corrected chi connectivity index (χ4v) is 9.70. The first-order valence-corrected chi connectivity index (χ1v) is 16.3. The topological polar surface area (TPSA) is 173 Å². The highest BCUT2D eigenvalue weighted by Gasteiger charge is 2.65. The van der Waals surface area contributed by atoms with Gasteiger partial charge < -0.3 is 26.0 Å². The van der Waals surface area contributed by atoms with Crippen LogP contribution in [0.1, 0.15) is 78.6 Å². The third kappa shape index (κ3) is 6.17. The molecule has 4 rings (SSSR count). The summed E-state index contributed by atoms with van der Waals surface area (Å²) in [4.78, 5) is 24.2. The van der Waals surface area contributed by atoms with Gasteiger partial charge in [0, 0.05) is 13.0 Å². The molecule has 11 atom stereocenters. The molecule has 0 unspecified atom stereocenters. The van der Waals surface area contributed by atoms with Crippen molar-refractivity contribution >= 4 is 21.9 Å². The van der Waals surface area contributed by atoms with Gasteiger partial charge in [0.15, 0.2) is 0 Å². The van der Waals surface area contributed by atoms with Crippen molar-refractivity contribution in [3.05, 3.63) is 0 Å². The number of carbonyl (C=O) groups excluding carboxylic acids is 2. The van der Waals surface area contributed by atoms with E-state index < -0.39 is 34.0 Å². The molecular weight excluding hydrogens is 524 g/mol. The van der Waals surface area contributed by atoms with E-state index in [4.69, 9.17) is 4.55 Å². The van der Waals surface area contributed by atoms with E-state index in [2.05, 4.69) is 31.4 Å². The first-order chi connectivity index (χ1) is 18.2. The van der Waals surface area contributed by atoms with E-state index in [0.717, 1.165) is 38.5 Å². The van der Waals surface area contributed by atoms with Crippen molar-refractivity contribution in [1.29, 1.82) is 0 Å². The SMILES string of the molecule is C[C@H](CCC(=O)NCC(=O)NCCS(=O)(=O)O)[C@H]1CC[C@@H]2[C@@H]3[C@H](O)C[C@@H]4C[C@H](O)CC[C@]4(C)[C@@H]3C[C@H](O)[C@@]21C. The van der Waals surface area contributed by atoms with Gasteiger partial charge in [-0.2, -0.15) is 8.42 Å². The molecule has 6 N–H and O–H groups in total. The molecule has 39 heavy (non-hydrogen) atoms. The first kappa shape index (κ1) is 30.7. The summed E-state index contributed by atoms with van der Waals surface area (Å²) in [7, 11) is -4.16. The number of nitrogens with one attached hydrogen (secondary N) is 2. The van der Waals surface area contributed by atoms with E-state index in [0.29, 0.717) is 12.8 Å². The zero-order chi connectivity index (χ0) is 28.8. The maximum Gasteiger partial charge on any atom is 0.266 e. The molecule has 0 saturated heterocycles. The Morgan fingerprint density at radius 2 is 1.69 bits per heavy atom. The minimum absolute atomic E-state index is 0.0336. The second kappa shape index (κ2) is 11.5. The Bertz CT molecular complexity index is 1020. The number of carbonyl (C=O) groups is 2. The molecule has 4 saturated carbocycles. The van der Waals surface area contributed by atoms with Gasteiger partial charge in [-0.1, -0.05) is 20.8 Å². The van der Waals surface area contributed by atoms with Crippen LogP contribution in [0.15, 0.2) is 0 Å². The highest BCUT2D eigenvalue weighted by atomic mass is 32.2. The molecule has 224 valence electrons. The van der Waals surface area contributed by atoms with Gasteiger partial charge in [-0.15, -0.1) is 0 Å². The number of aliphatic hydroxyl groups is 3. The fourth-order valence-electron chi connectivity index (χ4n) is 9.34. The average Bonchev–Trinajstić information content (AvgIpc) is 3.20. The monoisotopic (exact) mass is 572 g/mol. The summed E-state index contributed by atoms with van der Waals surface area (Å²) in [5.41, 5.74) is -0.297. The number of amides is 2. The number of hydrogen-bond donors (Lipinski definition) is 6. The number of fused-ring (bicyclic) bond motifs is 5. The van der Waals surface area contributed by atoms with E-state index in [-0.39, 0.29) is 77.9 Å². The second-order valence-electron chi connectivity index (χ2n) is 13.5. The van der Waals surface area contributed by atoms with Gasteiger partial charge in [-0.25, -0.2) is 0 Å². The highest BCUT2D eigenvalue weighted by Crippen LogP contribution is 2.68. The standard InChI is InChI=1S/C28H48N2O8S/c1-16(4-7-24(34)30-15-25(35)29-10-11-39(36,37)38)19-5-6-20-26-21(14-23(33)28(19,20)3)27(2)9-8-18(31)12-17(27)13-22(26)32/h16-23,26,31-33H,4-15H2,1-3H3,(H,29,35)(H,30,34)(H,36,37,38)/t16-,17+,18-,19-,20-,21-,22-,23+,26+,27+,28-/m1/s1. The molecule has 0 aliphatic heterocycles. The zero-order valence-corrected chi connectivity index (χ0v) is 24.3. The third-order valence-electron chi connectivity index (χ3n) is 11.5. The largest absolute Gasteiger partial charge is 0.393 e. The predicted octanol–water partition coefficient (Wildman–Crippen LogP) is 1.48. The molecule has 4 fully saturated rings. The van der Waals surface area contributed by atoms with E-state index in [1.54, 1.807) is 0 Å². The van der Waals surface area contributed by atoms with Crippen LogP contribution in [0.25, 0.3) is 0 Å². The summed E-state index contributed by atoms with van der Waals surface area (Å²) in [6.45, 7) is 6.15. The normalized spacial score (nSPS) is 42.5. The second-order valence-corrected chi connectivity index (χ2v) is 15.0. The molecule has 4 aliphatic rings. The van der Waals surface area contributed by atoms with Crippen LogP contribution in [0.2, 0.25) is 0 Å². The Hall–Kier alpha value is -1.27. The molecule has 0 aromatic carbocycles. The number of aliphatic hydroxyl groups excluding tert-OH is 3. The van der Waals surface area contributed by atoms with Crippen LogP contribution in [-0.2, 0) is 19.7 Å². The summed E-state index contributed by atoms with van der Waals surface area (Å²) in [6.07, 6.45) is 5.44. The Morgan fingerprint density at radius 3 is 2.38 bits per heavy atom. The molecule has 0 bridgehead atoms. The van der Waals surface area contributed by atoms with Crippen molar-refractivity contribution in [2.45, 2.75) is 96.9 Å². The summed E-state index contributed by atoms with van der Waals surface area (Å²) in [5.74, 6) is -0.0801. The minimum atomic E-state index is -4.16. The maximum atomic E-state index is 12.4. The van der Waals surface area contributed by atoms with Gasteiger partial charge in [0.25, 0.3) is 10.1 Å². The maximum absolute atomic E-state index is 12.4. The van der Waals surface area contributed by atoms with Crippen LogP contribution in [-0.4, -0.2) is 77.3 Å². The van der Waals surface area contributed by atoms with E-state index in [9.17, 15) is 33.3 Å². The summed E-state index contributed by atoms with van der Waals surface area (Å²) in [6, 6.07) is 0. The van der Waals surface area contributed by atoms with Crippen molar-refractivity contribution in [3.63, 3.8) is 0 Å². The summed E-state index contributed by atoms with van der Waals surface area (Å²) in [5, 5.41) is 38.3. The zero-order valence-electron chi connectivity index (χ0n) is 23.5. The Kier molecular flexibility index (Phi) is 9.08. The van der Waals surface area contributed by atoms with Gasteiger partial charge >= 0.3 is 0 Å². The predicted molar refractivity (Wildman–Crippen MR) is 145 cm³/mol. The van der Waals surface area contributed by atoms with Gasteiger partial charge in [0.05, 0.1) is 30.6 Å². The summed E-state index contributed by atoms with van der Waals surface area (Å²) < 4.78 is 30.2. The number of rotatable bonds is 9. The van der Waals surface area contributed by atoms with Crippen molar-refractivity contribution in [2.24, 2.45) is 46.3 Å². The molecule has 0 aromatic heterocycles. The van der Waals surface area contributed by atoms with E-state index >= 15 is 0 Å². The van der Waals surface area contributed by atoms with Crippen LogP contribution >= 0.6 is 0 Å². The molecule has 11 heteroatoms. The smallest absolute Gasteiger partial charge is 0.266 e. The highest BCUT2D eigenvalue weighted by molar-refractivity contribution is 7.85. The van der Waals surface area contributed by atoms with Gasteiger partial charge in [-0.05, 0) is 97.7 Å². The molecule has 0 heterocycles.